The molecule has 0 fully saturated rings. The fraction of sp³-hybridized carbons (Fsp3) is 0.921. The molecule has 1 unspecified atom stereocenters. The van der Waals surface area contributed by atoms with Crippen molar-refractivity contribution in [2.24, 2.45) is 0 Å². The highest BCUT2D eigenvalue weighted by Crippen LogP contribution is 2.18. The van der Waals surface area contributed by atoms with Crippen LogP contribution in [0.5, 0.6) is 0 Å². The molecule has 408 valence electrons. The summed E-state index contributed by atoms with van der Waals surface area (Å²) in [5.41, 5.74) is 0. The highest BCUT2D eigenvalue weighted by molar-refractivity contribution is 5.71. The second-order valence-electron chi connectivity index (χ2n) is 21.3. The van der Waals surface area contributed by atoms with Crippen LogP contribution in [0.2, 0.25) is 0 Å². The van der Waals surface area contributed by atoms with E-state index in [-0.39, 0.29) is 31.1 Å². The lowest BCUT2D eigenvalue weighted by atomic mass is 10.0. The van der Waals surface area contributed by atoms with E-state index in [1.165, 1.54) is 250 Å². The Balaban J connectivity index is 4.06. The summed E-state index contributed by atoms with van der Waals surface area (Å²) in [5, 5.41) is 0. The van der Waals surface area contributed by atoms with Crippen LogP contribution in [0.15, 0.2) is 12.2 Å². The average Bonchev–Trinajstić information content (AvgIpc) is 3.35. The van der Waals surface area contributed by atoms with E-state index >= 15 is 0 Å². The average molecular weight is 974 g/mol. The van der Waals surface area contributed by atoms with Gasteiger partial charge in [0, 0.05) is 19.3 Å². The van der Waals surface area contributed by atoms with Gasteiger partial charge in [-0.3, -0.25) is 14.4 Å². The van der Waals surface area contributed by atoms with Crippen molar-refractivity contribution in [2.45, 2.75) is 361 Å². The molecule has 0 aromatic rings. The van der Waals surface area contributed by atoms with Crippen molar-refractivity contribution in [1.82, 2.24) is 0 Å². The molecule has 0 radical (unpaired) electrons. The molecule has 0 bridgehead atoms. The number of carbonyl (C=O) groups excluding carboxylic acids is 3. The molecule has 69 heavy (non-hydrogen) atoms. The summed E-state index contributed by atoms with van der Waals surface area (Å²) in [6.45, 7) is 6.66. The molecule has 0 aliphatic rings. The van der Waals surface area contributed by atoms with Gasteiger partial charge in [0.05, 0.1) is 0 Å². The number of unbranched alkanes of at least 4 members (excludes halogenated alkanes) is 45. The third-order valence-electron chi connectivity index (χ3n) is 14.3. The fourth-order valence-electron chi connectivity index (χ4n) is 9.56. The van der Waals surface area contributed by atoms with Gasteiger partial charge in [-0.2, -0.15) is 0 Å². The van der Waals surface area contributed by atoms with Gasteiger partial charge in [0.1, 0.15) is 13.2 Å². The van der Waals surface area contributed by atoms with Gasteiger partial charge in [-0.15, -0.1) is 0 Å². The van der Waals surface area contributed by atoms with Crippen molar-refractivity contribution in [3.05, 3.63) is 12.2 Å². The van der Waals surface area contributed by atoms with Gasteiger partial charge in [-0.25, -0.2) is 0 Å². The Morgan fingerprint density at radius 2 is 0.478 bits per heavy atom. The molecule has 1 atom stereocenters. The molecule has 0 rings (SSSR count). The summed E-state index contributed by atoms with van der Waals surface area (Å²) in [4.78, 5) is 38.1. The monoisotopic (exact) mass is 973 g/mol. The third-order valence-corrected chi connectivity index (χ3v) is 14.3. The fourth-order valence-corrected chi connectivity index (χ4v) is 9.56. The SMILES string of the molecule is CCCCCC/C=C\CCCCCCCC(=O)OC(COC(=O)CCCCCCCCCCCC)COC(=O)CCCCCCCCCCCCCCCCCCCCCCCCCCCCCC. The molecule has 0 N–H and O–H groups in total. The summed E-state index contributed by atoms with van der Waals surface area (Å²) in [5.74, 6) is -0.855. The Kier molecular flexibility index (Phi) is 57.1. The molecule has 0 saturated heterocycles. The van der Waals surface area contributed by atoms with E-state index in [0.717, 1.165) is 64.2 Å². The minimum Gasteiger partial charge on any atom is -0.462 e. The molecular formula is C63H120O6. The first kappa shape index (κ1) is 67.1. The van der Waals surface area contributed by atoms with Crippen LogP contribution in [0, 0.1) is 0 Å². The lowest BCUT2D eigenvalue weighted by Gasteiger charge is -2.18. The van der Waals surface area contributed by atoms with E-state index in [9.17, 15) is 14.4 Å². The van der Waals surface area contributed by atoms with Crippen LogP contribution < -0.4 is 0 Å². The van der Waals surface area contributed by atoms with Crippen molar-refractivity contribution < 1.29 is 28.6 Å². The first-order valence-electron chi connectivity index (χ1n) is 31.2. The molecular weight excluding hydrogens is 853 g/mol. The van der Waals surface area contributed by atoms with Gasteiger partial charge in [0.15, 0.2) is 6.10 Å². The summed E-state index contributed by atoms with van der Waals surface area (Å²) < 4.78 is 16.9. The molecule has 0 aliphatic carbocycles. The van der Waals surface area contributed by atoms with Crippen molar-refractivity contribution in [1.29, 1.82) is 0 Å². The first-order chi connectivity index (χ1) is 34.0. The Morgan fingerprint density at radius 1 is 0.275 bits per heavy atom. The van der Waals surface area contributed by atoms with Crippen molar-refractivity contribution in [2.75, 3.05) is 13.2 Å². The van der Waals surface area contributed by atoms with Gasteiger partial charge in [0.2, 0.25) is 0 Å². The number of rotatable bonds is 58. The van der Waals surface area contributed by atoms with Crippen LogP contribution in [0.25, 0.3) is 0 Å². The van der Waals surface area contributed by atoms with E-state index in [4.69, 9.17) is 14.2 Å². The van der Waals surface area contributed by atoms with Gasteiger partial charge in [0.25, 0.3) is 0 Å². The maximum Gasteiger partial charge on any atom is 0.306 e. The Hall–Kier alpha value is -1.85. The summed E-state index contributed by atoms with van der Waals surface area (Å²) in [6.07, 6.45) is 68.1. The molecule has 0 amide bonds. The molecule has 0 saturated carbocycles. The van der Waals surface area contributed by atoms with Crippen LogP contribution >= 0.6 is 0 Å². The zero-order chi connectivity index (χ0) is 50.0. The Morgan fingerprint density at radius 3 is 0.739 bits per heavy atom. The highest BCUT2D eigenvalue weighted by atomic mass is 16.6. The Labute approximate surface area is 431 Å². The smallest absolute Gasteiger partial charge is 0.306 e. The Bertz CT molecular complexity index is 1070. The van der Waals surface area contributed by atoms with E-state index in [1.807, 2.05) is 0 Å². The van der Waals surface area contributed by atoms with Crippen LogP contribution in [0.4, 0.5) is 0 Å². The van der Waals surface area contributed by atoms with Crippen molar-refractivity contribution in [3.8, 4) is 0 Å². The lowest BCUT2D eigenvalue weighted by Crippen LogP contribution is -2.30. The second kappa shape index (κ2) is 58.7. The first-order valence-corrected chi connectivity index (χ1v) is 31.2. The normalized spacial score (nSPS) is 12.0. The number of allylic oxidation sites excluding steroid dienone is 2. The minimum atomic E-state index is -0.768. The zero-order valence-corrected chi connectivity index (χ0v) is 46.9. The predicted octanol–water partition coefficient (Wildman–Crippen LogP) is 20.9. The van der Waals surface area contributed by atoms with Crippen molar-refractivity contribution in [3.63, 3.8) is 0 Å². The number of ether oxygens (including phenoxy) is 3. The topological polar surface area (TPSA) is 78.9 Å². The van der Waals surface area contributed by atoms with Crippen LogP contribution in [-0.2, 0) is 28.6 Å². The van der Waals surface area contributed by atoms with E-state index in [1.54, 1.807) is 0 Å². The molecule has 0 aliphatic heterocycles. The summed E-state index contributed by atoms with van der Waals surface area (Å²) in [7, 11) is 0. The second-order valence-corrected chi connectivity index (χ2v) is 21.3. The van der Waals surface area contributed by atoms with Gasteiger partial charge < -0.3 is 14.2 Å². The molecule has 0 aromatic carbocycles. The van der Waals surface area contributed by atoms with E-state index in [2.05, 4.69) is 32.9 Å². The number of esters is 3. The standard InChI is InChI=1S/C63H120O6/c1-4-7-10-13-16-19-22-24-25-26-27-28-29-30-31-32-33-34-35-36-37-38-40-41-44-47-50-53-56-62(65)68-59-60(58-67-61(64)55-52-49-46-43-21-18-15-12-9-6-3)69-63(66)57-54-51-48-45-42-39-23-20-17-14-11-8-5-2/h20,23,60H,4-19,21-22,24-59H2,1-3H3/b23-20-. The molecule has 0 heterocycles. The number of hydrogen-bond donors (Lipinski definition) is 0. The maximum absolute atomic E-state index is 12.8. The molecule has 0 aromatic heterocycles. The van der Waals surface area contributed by atoms with Crippen LogP contribution in [0.1, 0.15) is 355 Å². The number of carbonyl (C=O) groups is 3. The number of hydrogen-bond acceptors (Lipinski definition) is 6. The van der Waals surface area contributed by atoms with E-state index < -0.39 is 6.10 Å². The third kappa shape index (κ3) is 56.9. The van der Waals surface area contributed by atoms with Gasteiger partial charge >= 0.3 is 17.9 Å². The largest absolute Gasteiger partial charge is 0.462 e. The minimum absolute atomic E-state index is 0.0677. The molecule has 6 nitrogen and oxygen atoms in total. The summed E-state index contributed by atoms with van der Waals surface area (Å²) >= 11 is 0. The molecule has 0 spiro atoms. The quantitative estimate of drug-likeness (QED) is 0.0261. The maximum atomic E-state index is 12.8. The van der Waals surface area contributed by atoms with Crippen LogP contribution in [0.3, 0.4) is 0 Å². The molecule has 6 heteroatoms. The highest BCUT2D eigenvalue weighted by Gasteiger charge is 2.19. The van der Waals surface area contributed by atoms with Crippen LogP contribution in [-0.4, -0.2) is 37.2 Å². The predicted molar refractivity (Wildman–Crippen MR) is 298 cm³/mol. The van der Waals surface area contributed by atoms with E-state index in [0.29, 0.717) is 19.3 Å². The zero-order valence-electron chi connectivity index (χ0n) is 46.9. The van der Waals surface area contributed by atoms with Gasteiger partial charge in [-0.05, 0) is 44.9 Å². The van der Waals surface area contributed by atoms with Gasteiger partial charge in [-0.1, -0.05) is 303 Å². The summed E-state index contributed by atoms with van der Waals surface area (Å²) in [6, 6.07) is 0. The van der Waals surface area contributed by atoms with Crippen molar-refractivity contribution >= 4 is 17.9 Å². The lowest BCUT2D eigenvalue weighted by molar-refractivity contribution is -0.167.